The molecule has 0 radical (unpaired) electrons. The summed E-state index contributed by atoms with van der Waals surface area (Å²) in [6, 6.07) is 2.88. The van der Waals surface area contributed by atoms with Crippen molar-refractivity contribution >= 4 is 5.91 Å². The van der Waals surface area contributed by atoms with Crippen LogP contribution < -0.4 is 11.1 Å². The molecule has 0 saturated heterocycles. The fraction of sp³-hybridized carbons (Fsp3) is 0.364. The number of carbonyl (C=O) groups excluding carboxylic acids is 1. The van der Waals surface area contributed by atoms with E-state index in [1.54, 1.807) is 0 Å². The van der Waals surface area contributed by atoms with Gasteiger partial charge >= 0.3 is 0 Å². The van der Waals surface area contributed by atoms with Gasteiger partial charge in [-0.05, 0) is 24.6 Å². The maximum absolute atomic E-state index is 12.8. The summed E-state index contributed by atoms with van der Waals surface area (Å²) in [6.07, 6.45) is 0.734. The highest BCUT2D eigenvalue weighted by molar-refractivity contribution is 5.94. The summed E-state index contributed by atoms with van der Waals surface area (Å²) in [5, 5.41) is 2.54. The van der Waals surface area contributed by atoms with E-state index in [0.29, 0.717) is 6.54 Å². The number of nitrogens with two attached hydrogens (primary N) is 1. The van der Waals surface area contributed by atoms with Crippen LogP contribution in [-0.4, -0.2) is 18.5 Å². The van der Waals surface area contributed by atoms with Gasteiger partial charge in [-0.15, -0.1) is 0 Å². The smallest absolute Gasteiger partial charge is 0.251 e. The van der Waals surface area contributed by atoms with Gasteiger partial charge < -0.3 is 11.1 Å². The van der Waals surface area contributed by atoms with Crippen LogP contribution in [0.2, 0.25) is 0 Å². The molecule has 1 aromatic carbocycles. The van der Waals surface area contributed by atoms with E-state index < -0.39 is 17.5 Å². The van der Waals surface area contributed by atoms with Gasteiger partial charge in [-0.1, -0.05) is 6.92 Å². The molecule has 0 fully saturated rings. The summed E-state index contributed by atoms with van der Waals surface area (Å²) in [5.74, 6) is -2.46. The fourth-order valence-electron chi connectivity index (χ4n) is 1.11. The van der Waals surface area contributed by atoms with Crippen LogP contribution in [0.25, 0.3) is 0 Å². The van der Waals surface area contributed by atoms with E-state index in [9.17, 15) is 13.6 Å². The van der Waals surface area contributed by atoms with Gasteiger partial charge in [0.05, 0.1) is 0 Å². The normalized spacial score (nSPS) is 12.2. The summed E-state index contributed by atoms with van der Waals surface area (Å²) in [7, 11) is 0. The first-order valence-corrected chi connectivity index (χ1v) is 5.03. The van der Waals surface area contributed by atoms with Gasteiger partial charge in [-0.25, -0.2) is 8.78 Å². The van der Waals surface area contributed by atoms with E-state index in [1.807, 2.05) is 6.92 Å². The standard InChI is InChI=1S/C11H14F2N2O/c1-2-8(14)6-15-11(16)7-3-4-9(12)10(13)5-7/h3-5,8H,2,6,14H2,1H3,(H,15,16). The molecule has 3 N–H and O–H groups in total. The van der Waals surface area contributed by atoms with Gasteiger partial charge in [0.15, 0.2) is 11.6 Å². The predicted octanol–water partition coefficient (Wildman–Crippen LogP) is 1.43. The van der Waals surface area contributed by atoms with Crippen molar-refractivity contribution in [2.45, 2.75) is 19.4 Å². The lowest BCUT2D eigenvalue weighted by molar-refractivity contribution is 0.0950. The molecule has 1 aromatic rings. The van der Waals surface area contributed by atoms with Gasteiger partial charge in [0.1, 0.15) is 0 Å². The molecule has 3 nitrogen and oxygen atoms in total. The predicted molar refractivity (Wildman–Crippen MR) is 57.0 cm³/mol. The number of nitrogens with one attached hydrogen (secondary N) is 1. The van der Waals surface area contributed by atoms with E-state index in [-0.39, 0.29) is 11.6 Å². The zero-order chi connectivity index (χ0) is 12.1. The van der Waals surface area contributed by atoms with Gasteiger partial charge in [0, 0.05) is 18.2 Å². The Balaban J connectivity index is 2.63. The maximum Gasteiger partial charge on any atom is 0.251 e. The maximum atomic E-state index is 12.8. The number of carbonyl (C=O) groups is 1. The van der Waals surface area contributed by atoms with Crippen LogP contribution >= 0.6 is 0 Å². The Bertz CT molecular complexity index is 382. The second-order valence-corrected chi connectivity index (χ2v) is 3.51. The van der Waals surface area contributed by atoms with Crippen LogP contribution in [-0.2, 0) is 0 Å². The molecule has 1 unspecified atom stereocenters. The quantitative estimate of drug-likeness (QED) is 0.819. The molecule has 1 atom stereocenters. The van der Waals surface area contributed by atoms with Crippen LogP contribution in [0.3, 0.4) is 0 Å². The average Bonchev–Trinajstić information content (AvgIpc) is 2.29. The Labute approximate surface area is 92.6 Å². The minimum Gasteiger partial charge on any atom is -0.350 e. The topological polar surface area (TPSA) is 55.1 Å². The van der Waals surface area contributed by atoms with Gasteiger partial charge in [0.2, 0.25) is 0 Å². The third-order valence-electron chi connectivity index (χ3n) is 2.23. The van der Waals surface area contributed by atoms with Crippen molar-refractivity contribution in [1.29, 1.82) is 0 Å². The number of hydrogen-bond donors (Lipinski definition) is 2. The largest absolute Gasteiger partial charge is 0.350 e. The third-order valence-corrected chi connectivity index (χ3v) is 2.23. The lowest BCUT2D eigenvalue weighted by Crippen LogP contribution is -2.36. The molecule has 0 aliphatic heterocycles. The van der Waals surface area contributed by atoms with Crippen LogP contribution in [0.5, 0.6) is 0 Å². The Morgan fingerprint density at radius 3 is 2.69 bits per heavy atom. The molecular weight excluding hydrogens is 214 g/mol. The van der Waals surface area contributed by atoms with Crippen LogP contribution in [0.15, 0.2) is 18.2 Å². The zero-order valence-electron chi connectivity index (χ0n) is 8.97. The van der Waals surface area contributed by atoms with Crippen molar-refractivity contribution in [3.8, 4) is 0 Å². The zero-order valence-corrected chi connectivity index (χ0v) is 8.97. The molecule has 88 valence electrons. The number of hydrogen-bond acceptors (Lipinski definition) is 2. The van der Waals surface area contributed by atoms with E-state index in [0.717, 1.165) is 18.6 Å². The summed E-state index contributed by atoms with van der Waals surface area (Å²) < 4.78 is 25.4. The minimum absolute atomic E-state index is 0.0854. The number of halogens is 2. The van der Waals surface area contributed by atoms with E-state index in [4.69, 9.17) is 5.73 Å². The number of rotatable bonds is 4. The summed E-state index contributed by atoms with van der Waals surface area (Å²) in [6.45, 7) is 2.21. The lowest BCUT2D eigenvalue weighted by Gasteiger charge is -2.10. The average molecular weight is 228 g/mol. The molecule has 1 amide bonds. The van der Waals surface area contributed by atoms with Gasteiger partial charge in [-0.3, -0.25) is 4.79 Å². The first-order valence-electron chi connectivity index (χ1n) is 5.03. The Morgan fingerprint density at radius 2 is 2.12 bits per heavy atom. The van der Waals surface area contributed by atoms with Crippen molar-refractivity contribution in [2.24, 2.45) is 5.73 Å². The first kappa shape index (κ1) is 12.6. The molecule has 16 heavy (non-hydrogen) atoms. The molecule has 1 rings (SSSR count). The molecule has 0 bridgehead atoms. The molecule has 0 aromatic heterocycles. The van der Waals surface area contributed by atoms with E-state index in [1.165, 1.54) is 6.07 Å². The molecular formula is C11H14F2N2O. The second-order valence-electron chi connectivity index (χ2n) is 3.51. The summed E-state index contributed by atoms with van der Waals surface area (Å²) in [4.78, 5) is 11.5. The Morgan fingerprint density at radius 1 is 1.44 bits per heavy atom. The van der Waals surface area contributed by atoms with Crippen LogP contribution in [0.4, 0.5) is 8.78 Å². The SMILES string of the molecule is CCC(N)CNC(=O)c1ccc(F)c(F)c1. The van der Waals surface area contributed by atoms with Crippen molar-refractivity contribution in [2.75, 3.05) is 6.54 Å². The first-order chi connectivity index (χ1) is 7.54. The Kier molecular flexibility index (Phi) is 4.37. The number of amides is 1. The molecule has 0 heterocycles. The van der Waals surface area contributed by atoms with Gasteiger partial charge in [0.25, 0.3) is 5.91 Å². The molecule has 0 aliphatic carbocycles. The molecule has 0 spiro atoms. The minimum atomic E-state index is -1.03. The summed E-state index contributed by atoms with van der Waals surface area (Å²) in [5.41, 5.74) is 5.69. The van der Waals surface area contributed by atoms with Crippen molar-refractivity contribution in [3.63, 3.8) is 0 Å². The van der Waals surface area contributed by atoms with Crippen LogP contribution in [0.1, 0.15) is 23.7 Å². The van der Waals surface area contributed by atoms with Crippen molar-refractivity contribution < 1.29 is 13.6 Å². The van der Waals surface area contributed by atoms with E-state index in [2.05, 4.69) is 5.32 Å². The van der Waals surface area contributed by atoms with Gasteiger partial charge in [-0.2, -0.15) is 0 Å². The molecule has 5 heteroatoms. The van der Waals surface area contributed by atoms with E-state index >= 15 is 0 Å². The molecule has 0 aliphatic rings. The number of benzene rings is 1. The highest BCUT2D eigenvalue weighted by Gasteiger charge is 2.10. The van der Waals surface area contributed by atoms with Crippen molar-refractivity contribution in [1.82, 2.24) is 5.32 Å². The highest BCUT2D eigenvalue weighted by Crippen LogP contribution is 2.08. The Hall–Kier alpha value is -1.49. The lowest BCUT2D eigenvalue weighted by atomic mass is 10.2. The highest BCUT2D eigenvalue weighted by atomic mass is 19.2. The monoisotopic (exact) mass is 228 g/mol. The molecule has 0 saturated carbocycles. The third kappa shape index (κ3) is 3.27. The van der Waals surface area contributed by atoms with Crippen LogP contribution in [0, 0.1) is 11.6 Å². The summed E-state index contributed by atoms with van der Waals surface area (Å²) >= 11 is 0. The fourth-order valence-corrected chi connectivity index (χ4v) is 1.11. The second kappa shape index (κ2) is 5.55. The van der Waals surface area contributed by atoms with Crippen molar-refractivity contribution in [3.05, 3.63) is 35.4 Å².